The van der Waals surface area contributed by atoms with Crippen LogP contribution < -0.4 is 5.73 Å². The fraction of sp³-hybridized carbons (Fsp3) is 0. The highest BCUT2D eigenvalue weighted by atomic mass is 35.5. The van der Waals surface area contributed by atoms with Crippen LogP contribution in [-0.2, 0) is 0 Å². The molecule has 16 heavy (non-hydrogen) atoms. The van der Waals surface area contributed by atoms with Crippen LogP contribution in [0.3, 0.4) is 0 Å². The topological polar surface area (TPSA) is 43.3 Å². The molecule has 0 aliphatic rings. The molecule has 0 aliphatic carbocycles. The molecule has 0 saturated heterocycles. The molecule has 5 heteroatoms. The summed E-state index contributed by atoms with van der Waals surface area (Å²) in [7, 11) is 0. The Hall–Kier alpha value is -1.52. The number of rotatable bonds is 1. The summed E-state index contributed by atoms with van der Waals surface area (Å²) in [5.74, 6) is 0. The van der Waals surface area contributed by atoms with Crippen LogP contribution in [0.4, 0.5) is 5.69 Å². The Balaban J connectivity index is 2.11. The molecule has 2 aromatic heterocycles. The molecular formula is C11H8ClN3S. The van der Waals surface area contributed by atoms with E-state index < -0.39 is 0 Å². The highest BCUT2D eigenvalue weighted by molar-refractivity contribution is 7.20. The van der Waals surface area contributed by atoms with Crippen molar-refractivity contribution in [2.24, 2.45) is 0 Å². The van der Waals surface area contributed by atoms with Crippen LogP contribution >= 0.6 is 22.9 Å². The Kier molecular flexibility index (Phi) is 2.12. The number of nitrogens with two attached hydrogens (primary N) is 1. The Labute approximate surface area is 101 Å². The summed E-state index contributed by atoms with van der Waals surface area (Å²) in [4.78, 5) is 5.39. The third-order valence-corrected chi connectivity index (χ3v) is 3.45. The van der Waals surface area contributed by atoms with E-state index in [1.807, 2.05) is 41.1 Å². The van der Waals surface area contributed by atoms with Crippen molar-refractivity contribution in [3.63, 3.8) is 0 Å². The molecule has 2 heterocycles. The summed E-state index contributed by atoms with van der Waals surface area (Å²) in [6, 6.07) is 7.66. The summed E-state index contributed by atoms with van der Waals surface area (Å²) in [5, 5.41) is 0. The molecule has 3 rings (SSSR count). The second-order valence-corrected chi connectivity index (χ2v) is 5.11. The van der Waals surface area contributed by atoms with Crippen molar-refractivity contribution in [1.82, 2.24) is 9.38 Å². The third kappa shape index (κ3) is 1.56. The maximum absolute atomic E-state index is 5.88. The number of nitrogens with zero attached hydrogens (tertiary/aromatic N) is 2. The van der Waals surface area contributed by atoms with Crippen molar-refractivity contribution in [2.75, 3.05) is 5.73 Å². The molecule has 3 aromatic rings. The van der Waals surface area contributed by atoms with E-state index in [1.165, 1.54) is 11.3 Å². The maximum atomic E-state index is 5.88. The third-order valence-electron chi connectivity index (χ3n) is 2.33. The van der Waals surface area contributed by atoms with Crippen LogP contribution in [0, 0.1) is 0 Å². The molecule has 0 amide bonds. The van der Waals surface area contributed by atoms with E-state index in [9.17, 15) is 0 Å². The van der Waals surface area contributed by atoms with E-state index in [1.54, 1.807) is 0 Å². The van der Waals surface area contributed by atoms with Gasteiger partial charge in [0.15, 0.2) is 4.96 Å². The van der Waals surface area contributed by atoms with E-state index in [4.69, 9.17) is 17.3 Å². The van der Waals surface area contributed by atoms with Crippen LogP contribution in [0.5, 0.6) is 0 Å². The van der Waals surface area contributed by atoms with Crippen LogP contribution in [-0.4, -0.2) is 9.38 Å². The van der Waals surface area contributed by atoms with Crippen LogP contribution in [0.25, 0.3) is 16.2 Å². The first-order valence-corrected chi connectivity index (χ1v) is 5.92. The van der Waals surface area contributed by atoms with Gasteiger partial charge in [-0.25, -0.2) is 4.98 Å². The molecular weight excluding hydrogens is 242 g/mol. The largest absolute Gasteiger partial charge is 0.399 e. The predicted octanol–water partition coefficient (Wildman–Crippen LogP) is 3.30. The molecule has 0 bridgehead atoms. The normalized spacial score (nSPS) is 11.1. The van der Waals surface area contributed by atoms with Gasteiger partial charge in [-0.15, -0.1) is 0 Å². The minimum Gasteiger partial charge on any atom is -0.399 e. The first-order valence-electron chi connectivity index (χ1n) is 4.72. The minimum atomic E-state index is 0.742. The number of nitrogen functional groups attached to an aromatic ring is 1. The maximum Gasteiger partial charge on any atom is 0.195 e. The van der Waals surface area contributed by atoms with Gasteiger partial charge in [0.25, 0.3) is 0 Å². The molecule has 80 valence electrons. The number of aromatic nitrogens is 2. The first kappa shape index (κ1) is 9.69. The van der Waals surface area contributed by atoms with Gasteiger partial charge in [0.1, 0.15) is 4.34 Å². The number of hydrogen-bond donors (Lipinski definition) is 1. The number of fused-ring (bicyclic) bond motifs is 1. The van der Waals surface area contributed by atoms with Crippen molar-refractivity contribution in [2.45, 2.75) is 0 Å². The molecule has 2 N–H and O–H groups in total. The van der Waals surface area contributed by atoms with E-state index in [0.29, 0.717) is 0 Å². The van der Waals surface area contributed by atoms with Crippen LogP contribution in [0.1, 0.15) is 0 Å². The van der Waals surface area contributed by atoms with E-state index in [0.717, 1.165) is 26.2 Å². The smallest absolute Gasteiger partial charge is 0.195 e. The van der Waals surface area contributed by atoms with Gasteiger partial charge in [-0.05, 0) is 12.1 Å². The number of anilines is 1. The van der Waals surface area contributed by atoms with Crippen LogP contribution in [0.2, 0.25) is 4.34 Å². The van der Waals surface area contributed by atoms with Gasteiger partial charge in [-0.1, -0.05) is 35.1 Å². The molecule has 0 radical (unpaired) electrons. The summed E-state index contributed by atoms with van der Waals surface area (Å²) in [6.07, 6.45) is 3.82. The highest BCUT2D eigenvalue weighted by Gasteiger charge is 2.06. The second kappa shape index (κ2) is 3.50. The average molecular weight is 250 g/mol. The van der Waals surface area contributed by atoms with Crippen molar-refractivity contribution >= 4 is 33.6 Å². The highest BCUT2D eigenvalue weighted by Crippen LogP contribution is 2.26. The monoisotopic (exact) mass is 249 g/mol. The second-order valence-electron chi connectivity index (χ2n) is 3.47. The molecule has 0 aliphatic heterocycles. The van der Waals surface area contributed by atoms with E-state index >= 15 is 0 Å². The first-order chi connectivity index (χ1) is 7.72. The lowest BCUT2D eigenvalue weighted by atomic mass is 10.1. The molecule has 1 aromatic carbocycles. The van der Waals surface area contributed by atoms with Crippen molar-refractivity contribution < 1.29 is 0 Å². The lowest BCUT2D eigenvalue weighted by Gasteiger charge is -1.96. The van der Waals surface area contributed by atoms with Gasteiger partial charge in [-0.2, -0.15) is 0 Å². The number of hydrogen-bond acceptors (Lipinski definition) is 3. The summed E-state index contributed by atoms with van der Waals surface area (Å²) >= 11 is 7.35. The van der Waals surface area contributed by atoms with Gasteiger partial charge in [-0.3, -0.25) is 4.40 Å². The lowest BCUT2D eigenvalue weighted by Crippen LogP contribution is -1.83. The average Bonchev–Trinajstić information content (AvgIpc) is 2.75. The Morgan fingerprint density at radius 3 is 2.62 bits per heavy atom. The molecule has 0 atom stereocenters. The van der Waals surface area contributed by atoms with Gasteiger partial charge in [0.05, 0.1) is 5.69 Å². The quantitative estimate of drug-likeness (QED) is 0.673. The van der Waals surface area contributed by atoms with Gasteiger partial charge >= 0.3 is 0 Å². The zero-order chi connectivity index (χ0) is 11.1. The van der Waals surface area contributed by atoms with Gasteiger partial charge < -0.3 is 5.73 Å². The summed E-state index contributed by atoms with van der Waals surface area (Å²) in [5.41, 5.74) is 8.39. The Morgan fingerprint density at radius 1 is 1.19 bits per heavy atom. The fourth-order valence-corrected chi connectivity index (χ4v) is 2.57. The standard InChI is InChI=1S/C11H8ClN3S/c12-10-6-15-5-9(14-11(15)16-10)7-1-3-8(13)4-2-7/h1-6H,13H2. The zero-order valence-electron chi connectivity index (χ0n) is 8.22. The molecule has 0 fully saturated rings. The lowest BCUT2D eigenvalue weighted by molar-refractivity contribution is 1.23. The van der Waals surface area contributed by atoms with Crippen molar-refractivity contribution in [3.05, 3.63) is 41.0 Å². The minimum absolute atomic E-state index is 0.742. The molecule has 3 nitrogen and oxygen atoms in total. The van der Waals surface area contributed by atoms with Gasteiger partial charge in [0.2, 0.25) is 0 Å². The molecule has 0 spiro atoms. The van der Waals surface area contributed by atoms with Crippen LogP contribution in [0.15, 0.2) is 36.7 Å². The summed E-state index contributed by atoms with van der Waals surface area (Å²) in [6.45, 7) is 0. The van der Waals surface area contributed by atoms with Crippen molar-refractivity contribution in [1.29, 1.82) is 0 Å². The molecule has 0 unspecified atom stereocenters. The number of thiazole rings is 1. The Bertz CT molecular complexity index is 607. The van der Waals surface area contributed by atoms with E-state index in [-0.39, 0.29) is 0 Å². The van der Waals surface area contributed by atoms with Gasteiger partial charge in [0, 0.05) is 23.6 Å². The zero-order valence-corrected chi connectivity index (χ0v) is 9.79. The predicted molar refractivity (Wildman–Crippen MR) is 67.9 cm³/mol. The number of imidazole rings is 1. The fourth-order valence-electron chi connectivity index (χ4n) is 1.56. The number of benzene rings is 1. The molecule has 0 saturated carbocycles. The Morgan fingerprint density at radius 2 is 1.94 bits per heavy atom. The van der Waals surface area contributed by atoms with Crippen molar-refractivity contribution in [3.8, 4) is 11.3 Å². The van der Waals surface area contributed by atoms with E-state index in [2.05, 4.69) is 4.98 Å². The SMILES string of the molecule is Nc1ccc(-c2cn3cc(Cl)sc3n2)cc1. The summed E-state index contributed by atoms with van der Waals surface area (Å²) < 4.78 is 2.67. The number of halogens is 1.